The highest BCUT2D eigenvalue weighted by molar-refractivity contribution is 6.18. The molecule has 23 rings (SSSR count). The van der Waals surface area contributed by atoms with Crippen LogP contribution in [0.2, 0.25) is 0 Å². The van der Waals surface area contributed by atoms with E-state index in [1.807, 2.05) is 68.4 Å². The molecule has 6 aromatic heterocycles. The molecule has 4 bridgehead atoms. The van der Waals surface area contributed by atoms with Crippen LogP contribution in [-0.4, -0.2) is 65.5 Å². The van der Waals surface area contributed by atoms with Crippen LogP contribution in [-0.2, 0) is 24.7 Å². The van der Waals surface area contributed by atoms with Crippen molar-refractivity contribution in [3.05, 3.63) is 298 Å². The van der Waals surface area contributed by atoms with Gasteiger partial charge in [0.2, 0.25) is 0 Å². The van der Waals surface area contributed by atoms with Crippen molar-refractivity contribution in [2.45, 2.75) is 105 Å². The largest absolute Gasteiger partial charge is 0.496 e. The first-order chi connectivity index (χ1) is 63.6. The molecule has 19 aromatic rings. The van der Waals surface area contributed by atoms with Gasteiger partial charge in [0.15, 0.2) is 0 Å². The number of methoxy groups -OCH3 is 5. The fraction of sp³-hybridized carbons (Fsp3) is 0.227. The van der Waals surface area contributed by atoms with Gasteiger partial charge in [0.25, 0.3) is 0 Å². The maximum absolute atomic E-state index is 13.4. The van der Waals surface area contributed by atoms with E-state index in [-0.39, 0.29) is 28.4 Å². The summed E-state index contributed by atoms with van der Waals surface area (Å²) in [6.45, 7) is 12.2. The van der Waals surface area contributed by atoms with Crippen LogP contribution in [0.1, 0.15) is 99.9 Å². The number of ether oxygens (including phenoxy) is 5. The van der Waals surface area contributed by atoms with Crippen LogP contribution in [0.5, 0.6) is 28.7 Å². The summed E-state index contributed by atoms with van der Waals surface area (Å²) in [5, 5.41) is 10.5. The van der Waals surface area contributed by atoms with E-state index in [2.05, 4.69) is 147 Å². The van der Waals surface area contributed by atoms with Gasteiger partial charge in [-0.2, -0.15) is 52.7 Å². The Morgan fingerprint density at radius 1 is 0.293 bits per heavy atom. The molecule has 5 N–H and O–H groups in total. The lowest BCUT2D eigenvalue weighted by Gasteiger charge is -2.54. The number of hydrogen-bond donors (Lipinski definition) is 5. The summed E-state index contributed by atoms with van der Waals surface area (Å²) >= 11 is 0. The number of aryl methyl sites for hydroxylation is 6. The second-order valence-electron chi connectivity index (χ2n) is 35.0. The number of pyridine rings is 1. The van der Waals surface area contributed by atoms with Crippen molar-refractivity contribution in [1.29, 1.82) is 0 Å². The van der Waals surface area contributed by atoms with Crippen molar-refractivity contribution < 1.29 is 76.4 Å². The van der Waals surface area contributed by atoms with Crippen LogP contribution in [0.4, 0.5) is 52.7 Å². The Balaban J connectivity index is 0.000000112. The third-order valence-corrected chi connectivity index (χ3v) is 26.6. The van der Waals surface area contributed by atoms with Gasteiger partial charge in [0.1, 0.15) is 28.7 Å². The van der Waals surface area contributed by atoms with Crippen LogP contribution < -0.4 is 23.7 Å². The number of rotatable bonds is 9. The standard InChI is InChI=1S/C26H27NO.C21H14F6N2O.2C21H16F3NO.C21H19NO/c1-16-4-3-5-20-21-6-7-23(28-2)22(25(21)27-24(16)20)8-9-26-13-17-10-18(14-26)12-19(11-17)15-26;1-10-18-15(5-6-28-10)14-3-4-16(30-2)17(19(14)29-18)11-7-12(20(22,23)24)9-13(8-11)21(25,26)27;1-12-5-3-8-15-16-9-10-17(26-2)18(20(16)25-19(12)15)13-6-4-7-14(11-13)21(22,23)24;1-12-4-3-5-15-16-10-11-17(26-2)18(20(16)25-19(12)15)13-6-8-14(9-7-13)21(22,23)24;1-13-7-9-15(10-8-13)19-18(23-3)12-11-17-16-6-4-5-14(2)20(16)22-21(17)19/h3-7,17-19,27H,10-15H2,1-2H3;3-9,29H,1-2H3;2*3-11,25H,1-2H3;4-12,22H,1-3H3. The molecule has 4 aliphatic carbocycles. The van der Waals surface area contributed by atoms with Gasteiger partial charge < -0.3 is 48.6 Å². The molecule has 0 aliphatic heterocycles. The monoisotopic (exact) mass is 1800 g/mol. The minimum absolute atomic E-state index is 0.107. The van der Waals surface area contributed by atoms with Gasteiger partial charge in [-0.1, -0.05) is 139 Å². The Hall–Kier alpha value is -14.3. The summed E-state index contributed by atoms with van der Waals surface area (Å²) in [6.07, 6.45) is -8.73. The zero-order valence-electron chi connectivity index (χ0n) is 74.5. The zero-order valence-corrected chi connectivity index (χ0v) is 74.5. The summed E-state index contributed by atoms with van der Waals surface area (Å²) in [4.78, 5) is 21.4. The van der Waals surface area contributed by atoms with E-state index in [0.717, 1.165) is 141 Å². The number of nitrogens with one attached hydrogen (secondary N) is 5. The molecule has 23 heteroatoms. The molecule has 0 unspecified atom stereocenters. The Bertz CT molecular complexity index is 7740. The average molecular weight is 1810 g/mol. The maximum atomic E-state index is 13.4. The number of halogens is 12. The molecule has 4 saturated carbocycles. The van der Waals surface area contributed by atoms with E-state index >= 15 is 0 Å². The van der Waals surface area contributed by atoms with E-state index < -0.39 is 47.0 Å². The Morgan fingerprint density at radius 2 is 0.609 bits per heavy atom. The van der Waals surface area contributed by atoms with E-state index in [4.69, 9.17) is 23.7 Å². The number of hydrogen-bond acceptors (Lipinski definition) is 6. The van der Waals surface area contributed by atoms with Gasteiger partial charge in [-0.3, -0.25) is 4.98 Å². The SMILES string of the molecule is COc1ccc2c([nH]c3c(C)cccc32)c1-c1ccc(C(F)(F)F)cc1.COc1ccc2c([nH]c3c(C)cccc32)c1-c1ccc(C)cc1.COc1ccc2c([nH]c3c(C)cccc32)c1-c1cccc(C(F)(F)F)c1.COc1ccc2c([nH]c3c(C)cccc32)c1C#CC12CC3CC(CC(C3)C1)C2.COc1ccc2c([nH]c3c(C)nccc32)c1-c1cc(C(F)(F)F)cc(C(F)(F)F)c1. The van der Waals surface area contributed by atoms with Gasteiger partial charge in [0, 0.05) is 110 Å². The minimum atomic E-state index is -4.95. The van der Waals surface area contributed by atoms with Crippen LogP contribution in [0, 0.1) is 76.6 Å². The lowest BCUT2D eigenvalue weighted by molar-refractivity contribution is -0.143. The molecule has 6 heterocycles. The van der Waals surface area contributed by atoms with Gasteiger partial charge in [-0.15, -0.1) is 0 Å². The Morgan fingerprint density at radius 3 is 0.992 bits per heavy atom. The fourth-order valence-corrected chi connectivity index (χ4v) is 20.6. The molecule has 0 atom stereocenters. The third-order valence-electron chi connectivity index (χ3n) is 26.6. The number of benzene rings is 13. The molecular weight excluding hydrogens is 1710 g/mol. The molecule has 676 valence electrons. The molecule has 0 saturated heterocycles. The van der Waals surface area contributed by atoms with Crippen molar-refractivity contribution in [2.24, 2.45) is 23.2 Å². The van der Waals surface area contributed by atoms with Crippen molar-refractivity contribution in [3.8, 4) is 85.1 Å². The molecule has 0 amide bonds. The number of aromatic amines is 5. The summed E-state index contributed by atoms with van der Waals surface area (Å²) in [5.74, 6) is 13.3. The Kier molecular flexibility index (Phi) is 23.4. The molecule has 13 aromatic carbocycles. The lowest BCUT2D eigenvalue weighted by Crippen LogP contribution is -2.45. The second kappa shape index (κ2) is 34.8. The van der Waals surface area contributed by atoms with Crippen molar-refractivity contribution >= 4 is 109 Å². The fourth-order valence-electron chi connectivity index (χ4n) is 20.6. The predicted octanol–water partition coefficient (Wildman–Crippen LogP) is 31.2. The van der Waals surface area contributed by atoms with Crippen molar-refractivity contribution in [1.82, 2.24) is 29.9 Å². The van der Waals surface area contributed by atoms with Gasteiger partial charge >= 0.3 is 24.7 Å². The summed E-state index contributed by atoms with van der Waals surface area (Å²) in [6, 6.07) is 66.5. The third kappa shape index (κ3) is 16.9. The molecule has 4 aliphatic rings. The van der Waals surface area contributed by atoms with Crippen molar-refractivity contribution in [3.63, 3.8) is 0 Å². The Labute approximate surface area is 757 Å². The van der Waals surface area contributed by atoms with E-state index in [1.54, 1.807) is 58.7 Å². The summed E-state index contributed by atoms with van der Waals surface area (Å²) in [5.41, 5.74) is 17.8. The first kappa shape index (κ1) is 89.3. The number of H-pyrrole nitrogens is 5. The zero-order chi connectivity index (χ0) is 93.6. The van der Waals surface area contributed by atoms with E-state index in [0.29, 0.717) is 62.4 Å². The molecule has 11 nitrogen and oxygen atoms in total. The number of alkyl halides is 12. The summed E-state index contributed by atoms with van der Waals surface area (Å²) < 4.78 is 186. The topological polar surface area (TPSA) is 138 Å². The quantitative estimate of drug-likeness (QED) is 0.0721. The van der Waals surface area contributed by atoms with Crippen LogP contribution >= 0.6 is 0 Å². The normalized spacial score (nSPS) is 15.9. The highest BCUT2D eigenvalue weighted by atomic mass is 19.4. The predicted molar refractivity (Wildman–Crippen MR) is 507 cm³/mol. The minimum Gasteiger partial charge on any atom is -0.496 e. The van der Waals surface area contributed by atoms with Crippen LogP contribution in [0.15, 0.2) is 237 Å². The van der Waals surface area contributed by atoms with Gasteiger partial charge in [-0.25, -0.2) is 0 Å². The van der Waals surface area contributed by atoms with E-state index in [1.165, 1.54) is 132 Å². The second-order valence-corrected chi connectivity index (χ2v) is 35.0. The van der Waals surface area contributed by atoms with Gasteiger partial charge in [0.05, 0.1) is 102 Å². The van der Waals surface area contributed by atoms with E-state index in [9.17, 15) is 52.7 Å². The highest BCUT2D eigenvalue weighted by Gasteiger charge is 2.50. The smallest absolute Gasteiger partial charge is 0.416 e. The number of nitrogens with zero attached hydrogens (tertiary/aromatic N) is 1. The summed E-state index contributed by atoms with van der Waals surface area (Å²) in [7, 11) is 7.87. The number of aromatic nitrogens is 6. The first-order valence-corrected chi connectivity index (χ1v) is 43.6. The lowest BCUT2D eigenvalue weighted by atomic mass is 9.50. The highest BCUT2D eigenvalue weighted by Crippen LogP contribution is 2.60. The molecular formula is C110H92F12N6O5. The molecule has 133 heavy (non-hydrogen) atoms. The van der Waals surface area contributed by atoms with Crippen LogP contribution in [0.3, 0.4) is 0 Å². The molecule has 0 spiro atoms. The van der Waals surface area contributed by atoms with Crippen LogP contribution in [0.25, 0.3) is 154 Å². The number of para-hydroxylation sites is 4. The number of fused-ring (bicyclic) bond motifs is 15. The first-order valence-electron chi connectivity index (χ1n) is 43.6. The van der Waals surface area contributed by atoms with Gasteiger partial charge in [-0.05, 0) is 252 Å². The average Bonchev–Trinajstić information content (AvgIpc) is 1.68. The molecule has 0 radical (unpaired) electrons. The molecule has 4 fully saturated rings. The maximum Gasteiger partial charge on any atom is 0.416 e. The van der Waals surface area contributed by atoms with Crippen molar-refractivity contribution in [2.75, 3.05) is 35.5 Å².